The van der Waals surface area contributed by atoms with E-state index >= 15 is 0 Å². The number of hydrogen-bond donors (Lipinski definition) is 1. The lowest BCUT2D eigenvalue weighted by Gasteiger charge is -2.28. The van der Waals surface area contributed by atoms with Gasteiger partial charge in [0.05, 0.1) is 12.6 Å². The van der Waals surface area contributed by atoms with Crippen LogP contribution in [0.1, 0.15) is 25.5 Å². The summed E-state index contributed by atoms with van der Waals surface area (Å²) in [5, 5.41) is 0. The highest BCUT2D eigenvalue weighted by Crippen LogP contribution is 2.30. The Morgan fingerprint density at radius 3 is 2.94 bits per heavy atom. The molecule has 98 valence electrons. The molecule has 0 radical (unpaired) electrons. The van der Waals surface area contributed by atoms with Gasteiger partial charge in [-0.3, -0.25) is 4.99 Å². The Hall–Kier alpha value is -1.10. The van der Waals surface area contributed by atoms with E-state index in [4.69, 9.17) is 5.73 Å². The Kier molecular flexibility index (Phi) is 3.90. The van der Waals surface area contributed by atoms with Crippen LogP contribution in [0, 0.1) is 11.7 Å². The number of rotatable bonds is 3. The Morgan fingerprint density at radius 1 is 1.56 bits per heavy atom. The van der Waals surface area contributed by atoms with E-state index in [-0.39, 0.29) is 11.9 Å². The zero-order valence-electron chi connectivity index (χ0n) is 10.5. The second-order valence-corrected chi connectivity index (χ2v) is 5.84. The van der Waals surface area contributed by atoms with Gasteiger partial charge in [-0.1, -0.05) is 29.8 Å². The predicted molar refractivity (Wildman–Crippen MR) is 74.9 cm³/mol. The van der Waals surface area contributed by atoms with E-state index in [1.165, 1.54) is 6.07 Å². The number of nitrogens with two attached hydrogens (primary N) is 1. The van der Waals surface area contributed by atoms with Crippen LogP contribution in [0.15, 0.2) is 27.7 Å². The Bertz CT molecular complexity index is 473. The van der Waals surface area contributed by atoms with Gasteiger partial charge >= 0.3 is 0 Å². The molecule has 3 nitrogen and oxygen atoms in total. The van der Waals surface area contributed by atoms with Crippen molar-refractivity contribution >= 4 is 21.9 Å². The number of halogens is 2. The van der Waals surface area contributed by atoms with Crippen LogP contribution in [0.4, 0.5) is 4.39 Å². The summed E-state index contributed by atoms with van der Waals surface area (Å²) in [6.07, 6.45) is 0. The summed E-state index contributed by atoms with van der Waals surface area (Å²) in [5.74, 6) is 0.754. The maximum absolute atomic E-state index is 13.9. The molecule has 1 heterocycles. The first-order valence-electron chi connectivity index (χ1n) is 6.00. The van der Waals surface area contributed by atoms with Gasteiger partial charge in [-0.2, -0.15) is 0 Å². The first-order valence-corrected chi connectivity index (χ1v) is 6.80. The monoisotopic (exact) mass is 313 g/mol. The summed E-state index contributed by atoms with van der Waals surface area (Å²) in [6.45, 7) is 5.53. The summed E-state index contributed by atoms with van der Waals surface area (Å²) < 4.78 is 14.8. The highest BCUT2D eigenvalue weighted by molar-refractivity contribution is 9.10. The summed E-state index contributed by atoms with van der Waals surface area (Å²) in [5.41, 5.74) is 6.53. The lowest BCUT2D eigenvalue weighted by atomic mass is 10.0. The molecule has 0 bridgehead atoms. The fourth-order valence-electron chi connectivity index (χ4n) is 2.18. The molecule has 0 fully saturated rings. The van der Waals surface area contributed by atoms with E-state index in [0.717, 1.165) is 11.0 Å². The van der Waals surface area contributed by atoms with Crippen molar-refractivity contribution in [3.63, 3.8) is 0 Å². The summed E-state index contributed by atoms with van der Waals surface area (Å²) >= 11 is 3.38. The molecular weight excluding hydrogens is 297 g/mol. The number of aliphatic imine (C=N–C) groups is 1. The standard InChI is InChI=1S/C13H17BrFN3/c1-8(2)7-18-12(6-17-13(18)16)10-5-9(14)3-4-11(10)15/h3-5,8,12H,6-7H2,1-2H3,(H2,16,17). The van der Waals surface area contributed by atoms with Gasteiger partial charge in [0.15, 0.2) is 5.96 Å². The van der Waals surface area contributed by atoms with Crippen LogP contribution >= 0.6 is 15.9 Å². The molecule has 0 spiro atoms. The quantitative estimate of drug-likeness (QED) is 0.932. The van der Waals surface area contributed by atoms with Gasteiger partial charge in [0.2, 0.25) is 0 Å². The average molecular weight is 314 g/mol. The summed E-state index contributed by atoms with van der Waals surface area (Å²) in [6, 6.07) is 4.89. The third kappa shape index (κ3) is 2.66. The van der Waals surface area contributed by atoms with Crippen molar-refractivity contribution in [2.24, 2.45) is 16.6 Å². The number of nitrogens with zero attached hydrogens (tertiary/aromatic N) is 2. The van der Waals surface area contributed by atoms with Crippen molar-refractivity contribution in [1.82, 2.24) is 4.90 Å². The third-order valence-electron chi connectivity index (χ3n) is 2.98. The second kappa shape index (κ2) is 5.26. The predicted octanol–water partition coefficient (Wildman–Crippen LogP) is 2.92. The molecule has 0 saturated heterocycles. The lowest BCUT2D eigenvalue weighted by molar-refractivity contribution is 0.303. The molecule has 0 saturated carbocycles. The first kappa shape index (κ1) is 13.3. The molecule has 18 heavy (non-hydrogen) atoms. The van der Waals surface area contributed by atoms with Crippen LogP contribution < -0.4 is 5.73 Å². The fourth-order valence-corrected chi connectivity index (χ4v) is 2.56. The maximum atomic E-state index is 13.9. The minimum atomic E-state index is -0.207. The van der Waals surface area contributed by atoms with Crippen molar-refractivity contribution in [1.29, 1.82) is 0 Å². The van der Waals surface area contributed by atoms with E-state index in [0.29, 0.717) is 24.0 Å². The second-order valence-electron chi connectivity index (χ2n) is 4.93. The highest BCUT2D eigenvalue weighted by Gasteiger charge is 2.29. The molecule has 1 unspecified atom stereocenters. The lowest BCUT2D eigenvalue weighted by Crippen LogP contribution is -2.38. The highest BCUT2D eigenvalue weighted by atomic mass is 79.9. The molecular formula is C13H17BrFN3. The van der Waals surface area contributed by atoms with Crippen molar-refractivity contribution in [3.8, 4) is 0 Å². The van der Waals surface area contributed by atoms with Crippen LogP contribution in [0.3, 0.4) is 0 Å². The molecule has 2 N–H and O–H groups in total. The van der Waals surface area contributed by atoms with E-state index in [9.17, 15) is 4.39 Å². The Balaban J connectivity index is 2.30. The minimum Gasteiger partial charge on any atom is -0.370 e. The molecule has 2 rings (SSSR count). The number of guanidine groups is 1. The van der Waals surface area contributed by atoms with Gasteiger partial charge in [0, 0.05) is 16.6 Å². The maximum Gasteiger partial charge on any atom is 0.191 e. The van der Waals surface area contributed by atoms with Gasteiger partial charge in [-0.15, -0.1) is 0 Å². The molecule has 1 atom stereocenters. The van der Waals surface area contributed by atoms with Gasteiger partial charge in [-0.05, 0) is 24.1 Å². The molecule has 1 aliphatic heterocycles. The first-order chi connectivity index (χ1) is 8.49. The largest absolute Gasteiger partial charge is 0.370 e. The molecule has 0 amide bonds. The number of benzene rings is 1. The minimum absolute atomic E-state index is 0.0927. The van der Waals surface area contributed by atoms with Crippen LogP contribution in [-0.2, 0) is 0 Å². The van der Waals surface area contributed by atoms with Gasteiger partial charge in [0.25, 0.3) is 0 Å². The summed E-state index contributed by atoms with van der Waals surface area (Å²) in [4.78, 5) is 6.22. The van der Waals surface area contributed by atoms with Gasteiger partial charge < -0.3 is 10.6 Å². The summed E-state index contributed by atoms with van der Waals surface area (Å²) in [7, 11) is 0. The van der Waals surface area contributed by atoms with E-state index in [2.05, 4.69) is 34.8 Å². The molecule has 1 aromatic carbocycles. The zero-order valence-corrected chi connectivity index (χ0v) is 12.1. The van der Waals surface area contributed by atoms with Crippen molar-refractivity contribution < 1.29 is 4.39 Å². The smallest absolute Gasteiger partial charge is 0.191 e. The molecule has 0 aromatic heterocycles. The van der Waals surface area contributed by atoms with Crippen molar-refractivity contribution in [3.05, 3.63) is 34.1 Å². The SMILES string of the molecule is CC(C)CN1C(N)=NCC1c1cc(Br)ccc1F. The third-order valence-corrected chi connectivity index (χ3v) is 3.47. The molecule has 0 aliphatic carbocycles. The van der Waals surface area contributed by atoms with Crippen LogP contribution in [0.25, 0.3) is 0 Å². The van der Waals surface area contributed by atoms with E-state index < -0.39 is 0 Å². The zero-order chi connectivity index (χ0) is 13.3. The van der Waals surface area contributed by atoms with E-state index in [1.807, 2.05) is 4.90 Å². The van der Waals surface area contributed by atoms with E-state index in [1.54, 1.807) is 12.1 Å². The van der Waals surface area contributed by atoms with Crippen molar-refractivity contribution in [2.75, 3.05) is 13.1 Å². The Labute approximate surface area is 115 Å². The number of hydrogen-bond acceptors (Lipinski definition) is 3. The fraction of sp³-hybridized carbons (Fsp3) is 0.462. The topological polar surface area (TPSA) is 41.6 Å². The normalized spacial score (nSPS) is 19.5. The van der Waals surface area contributed by atoms with Gasteiger partial charge in [0.1, 0.15) is 5.82 Å². The van der Waals surface area contributed by atoms with Crippen LogP contribution in [0.5, 0.6) is 0 Å². The van der Waals surface area contributed by atoms with Gasteiger partial charge in [-0.25, -0.2) is 4.39 Å². The van der Waals surface area contributed by atoms with Crippen molar-refractivity contribution in [2.45, 2.75) is 19.9 Å². The average Bonchev–Trinajstić information content (AvgIpc) is 2.64. The molecule has 1 aliphatic rings. The Morgan fingerprint density at radius 2 is 2.28 bits per heavy atom. The van der Waals surface area contributed by atoms with Crippen LogP contribution in [-0.4, -0.2) is 23.9 Å². The van der Waals surface area contributed by atoms with Crippen LogP contribution in [0.2, 0.25) is 0 Å². The molecule has 5 heteroatoms. The molecule has 1 aromatic rings.